The van der Waals surface area contributed by atoms with Crippen LogP contribution in [0.1, 0.15) is 33.3 Å². The molecule has 0 bridgehead atoms. The lowest BCUT2D eigenvalue weighted by Crippen LogP contribution is -2.26. The highest BCUT2D eigenvalue weighted by Gasteiger charge is 2.26. The maximum absolute atomic E-state index is 14.5. The first-order valence-electron chi connectivity index (χ1n) is 8.52. The number of fused-ring (bicyclic) bond motifs is 1. The van der Waals surface area contributed by atoms with Crippen LogP contribution in [0.2, 0.25) is 0 Å². The summed E-state index contributed by atoms with van der Waals surface area (Å²) < 4.78 is 37.8. The molecule has 2 aromatic carbocycles. The highest BCUT2D eigenvalue weighted by molar-refractivity contribution is 7.91. The Hall–Kier alpha value is -2.38. The van der Waals surface area contributed by atoms with E-state index in [4.69, 9.17) is 4.74 Å². The van der Waals surface area contributed by atoms with Gasteiger partial charge in [0.2, 0.25) is 0 Å². The molecule has 1 heterocycles. The van der Waals surface area contributed by atoms with Crippen LogP contribution < -0.4 is 4.74 Å². The van der Waals surface area contributed by atoms with Gasteiger partial charge in [0, 0.05) is 18.0 Å². The molecule has 0 spiro atoms. The molecule has 1 aromatic heterocycles. The lowest BCUT2D eigenvalue weighted by Gasteiger charge is -2.18. The molecule has 0 aliphatic heterocycles. The van der Waals surface area contributed by atoms with Crippen LogP contribution >= 0.6 is 0 Å². The lowest BCUT2D eigenvalue weighted by molar-refractivity contribution is 0.443. The Bertz CT molecular complexity index is 1010. The predicted octanol–water partition coefficient (Wildman–Crippen LogP) is 4.78. The highest BCUT2D eigenvalue weighted by atomic mass is 32.2. The van der Waals surface area contributed by atoms with Gasteiger partial charge < -0.3 is 9.29 Å². The maximum atomic E-state index is 14.5. The molecule has 0 N–H and O–H groups in total. The molecule has 0 fully saturated rings. The number of aryl methyl sites for hydroxylation is 1. The van der Waals surface area contributed by atoms with Crippen molar-refractivity contribution >= 4 is 28.0 Å². The van der Waals surface area contributed by atoms with Gasteiger partial charge in [0.15, 0.2) is 11.6 Å². The van der Waals surface area contributed by atoms with Crippen LogP contribution in [0.5, 0.6) is 11.5 Å². The number of hydrogen-bond donors (Lipinski definition) is 0. The van der Waals surface area contributed by atoms with Crippen LogP contribution in [0.25, 0.3) is 10.9 Å². The van der Waals surface area contributed by atoms with Gasteiger partial charge in [0.25, 0.3) is 0 Å². The summed E-state index contributed by atoms with van der Waals surface area (Å²) in [5, 5.41) is 5.10. The number of halogens is 1. The van der Waals surface area contributed by atoms with Gasteiger partial charge in [-0.25, -0.2) is 4.39 Å². The van der Waals surface area contributed by atoms with Crippen LogP contribution in [-0.4, -0.2) is 24.8 Å². The molecule has 0 amide bonds. The summed E-state index contributed by atoms with van der Waals surface area (Å²) in [6.45, 7) is 7.25. The van der Waals surface area contributed by atoms with E-state index in [1.54, 1.807) is 36.0 Å². The molecule has 0 saturated heterocycles. The van der Waals surface area contributed by atoms with Gasteiger partial charge in [-0.05, 0) is 64.1 Å². The van der Waals surface area contributed by atoms with Crippen LogP contribution in [0.4, 0.5) is 4.39 Å². The Kier molecular flexibility index (Phi) is 5.26. The van der Waals surface area contributed by atoms with Gasteiger partial charge in [-0.3, -0.25) is 4.68 Å². The van der Waals surface area contributed by atoms with E-state index in [0.717, 1.165) is 10.9 Å². The quantitative estimate of drug-likeness (QED) is 0.478. The molecule has 7 heteroatoms. The third-order valence-corrected chi connectivity index (χ3v) is 5.53. The van der Waals surface area contributed by atoms with Crippen LogP contribution in [0.3, 0.4) is 0 Å². The molecule has 0 radical (unpaired) electrons. The summed E-state index contributed by atoms with van der Waals surface area (Å²) in [7, 11) is 1.86. The minimum Gasteiger partial charge on any atom is -0.591 e. The summed E-state index contributed by atoms with van der Waals surface area (Å²) in [5.74, 6) is 0.142. The molecule has 0 aliphatic carbocycles. The Balaban J connectivity index is 1.82. The molecule has 27 heavy (non-hydrogen) atoms. The van der Waals surface area contributed by atoms with E-state index in [1.165, 1.54) is 6.07 Å². The molecule has 3 aromatic rings. The van der Waals surface area contributed by atoms with E-state index in [-0.39, 0.29) is 5.75 Å². The van der Waals surface area contributed by atoms with Crippen molar-refractivity contribution < 1.29 is 13.7 Å². The lowest BCUT2D eigenvalue weighted by atomic mass is 10.1. The van der Waals surface area contributed by atoms with Crippen molar-refractivity contribution in [3.8, 4) is 11.5 Å². The number of benzene rings is 2. The van der Waals surface area contributed by atoms with Crippen molar-refractivity contribution in [2.24, 2.45) is 11.4 Å². The van der Waals surface area contributed by atoms with E-state index in [1.807, 2.05) is 40.0 Å². The van der Waals surface area contributed by atoms with Crippen LogP contribution in [0.15, 0.2) is 47.0 Å². The average Bonchev–Trinajstić information content (AvgIpc) is 2.96. The first kappa shape index (κ1) is 19.4. The van der Waals surface area contributed by atoms with Crippen LogP contribution in [0, 0.1) is 5.82 Å². The van der Waals surface area contributed by atoms with Gasteiger partial charge in [-0.2, -0.15) is 5.10 Å². The standard InChI is InChI=1S/C20H22FN3O2S/c1-13(23-27(25)20(2,3)4)14-6-9-19(17(21)11-14)26-16-7-8-18-15(10-16)12-22-24(18)5/h6-12H,1-5H3/b23-13+/t27-/m0/s1. The second-order valence-electron chi connectivity index (χ2n) is 7.27. The van der Waals surface area contributed by atoms with Crippen LogP contribution in [-0.2, 0) is 18.4 Å². The van der Waals surface area contributed by atoms with Gasteiger partial charge in [-0.15, -0.1) is 0 Å². The van der Waals surface area contributed by atoms with E-state index in [0.29, 0.717) is 17.0 Å². The maximum Gasteiger partial charge on any atom is 0.166 e. The van der Waals surface area contributed by atoms with E-state index in [9.17, 15) is 8.94 Å². The minimum absolute atomic E-state index is 0.117. The molecule has 5 nitrogen and oxygen atoms in total. The summed E-state index contributed by atoms with van der Waals surface area (Å²) in [4.78, 5) is 0. The van der Waals surface area contributed by atoms with E-state index >= 15 is 0 Å². The van der Waals surface area contributed by atoms with Crippen molar-refractivity contribution in [1.82, 2.24) is 9.78 Å². The second-order valence-corrected chi connectivity index (χ2v) is 9.18. The number of rotatable bonds is 4. The monoisotopic (exact) mass is 387 g/mol. The molecule has 3 rings (SSSR count). The third-order valence-electron chi connectivity index (χ3n) is 4.04. The first-order valence-corrected chi connectivity index (χ1v) is 9.62. The van der Waals surface area contributed by atoms with Crippen molar-refractivity contribution in [3.05, 3.63) is 54.0 Å². The highest BCUT2D eigenvalue weighted by Crippen LogP contribution is 2.28. The molecule has 0 saturated carbocycles. The number of hydrogen-bond acceptors (Lipinski definition) is 4. The zero-order valence-corrected chi connectivity index (χ0v) is 16.8. The predicted molar refractivity (Wildman–Crippen MR) is 107 cm³/mol. The molecule has 0 aliphatic rings. The number of nitrogens with zero attached hydrogens (tertiary/aromatic N) is 3. The van der Waals surface area contributed by atoms with Gasteiger partial charge in [-0.1, -0.05) is 4.40 Å². The number of aromatic nitrogens is 2. The van der Waals surface area contributed by atoms with Crippen molar-refractivity contribution in [2.45, 2.75) is 32.4 Å². The Labute approximate surface area is 161 Å². The van der Waals surface area contributed by atoms with Gasteiger partial charge >= 0.3 is 0 Å². The summed E-state index contributed by atoms with van der Waals surface area (Å²) in [5.41, 5.74) is 2.06. The minimum atomic E-state index is -1.40. The van der Waals surface area contributed by atoms with Crippen molar-refractivity contribution in [3.63, 3.8) is 0 Å². The zero-order chi connectivity index (χ0) is 19.8. The normalized spacial score (nSPS) is 13.8. The topological polar surface area (TPSA) is 62.5 Å². The molecule has 1 atom stereocenters. The fourth-order valence-corrected chi connectivity index (χ4v) is 3.08. The van der Waals surface area contributed by atoms with Gasteiger partial charge in [0.05, 0.1) is 17.4 Å². The summed E-state index contributed by atoms with van der Waals surface area (Å²) in [6.07, 6.45) is 1.73. The van der Waals surface area contributed by atoms with E-state index in [2.05, 4.69) is 9.50 Å². The third kappa shape index (κ3) is 4.31. The van der Waals surface area contributed by atoms with Gasteiger partial charge in [0.1, 0.15) is 21.9 Å². The molecular weight excluding hydrogens is 365 g/mol. The Morgan fingerprint density at radius 1 is 1.22 bits per heavy atom. The first-order chi connectivity index (χ1) is 12.6. The smallest absolute Gasteiger partial charge is 0.166 e. The summed E-state index contributed by atoms with van der Waals surface area (Å²) in [6, 6.07) is 10.1. The molecular formula is C20H22FN3O2S. The molecule has 142 valence electrons. The Morgan fingerprint density at radius 2 is 1.96 bits per heavy atom. The van der Waals surface area contributed by atoms with Crippen molar-refractivity contribution in [1.29, 1.82) is 0 Å². The number of ether oxygens (including phenoxy) is 1. The second kappa shape index (κ2) is 7.32. The zero-order valence-electron chi connectivity index (χ0n) is 16.0. The SMILES string of the molecule is C/C(=N\[S@@+]([O-])C(C)(C)C)c1ccc(Oc2ccc3c(cnn3C)c2)c(F)c1. The summed E-state index contributed by atoms with van der Waals surface area (Å²) >= 11 is -1.40. The largest absolute Gasteiger partial charge is 0.591 e. The Morgan fingerprint density at radius 3 is 2.63 bits per heavy atom. The van der Waals surface area contributed by atoms with Crippen molar-refractivity contribution in [2.75, 3.05) is 0 Å². The average molecular weight is 387 g/mol. The molecule has 0 unspecified atom stereocenters. The van der Waals surface area contributed by atoms with E-state index < -0.39 is 21.9 Å². The fraction of sp³-hybridized carbons (Fsp3) is 0.300. The fourth-order valence-electron chi connectivity index (χ4n) is 2.45.